The van der Waals surface area contributed by atoms with E-state index in [1.165, 1.54) is 14.2 Å². The van der Waals surface area contributed by atoms with E-state index in [1.54, 1.807) is 27.9 Å². The molecule has 9 heteroatoms. The van der Waals surface area contributed by atoms with Crippen LogP contribution in [0.25, 0.3) is 0 Å². The summed E-state index contributed by atoms with van der Waals surface area (Å²) in [6.45, 7) is 5.79. The van der Waals surface area contributed by atoms with E-state index in [2.05, 4.69) is 0 Å². The molecule has 0 aliphatic carbocycles. The predicted octanol–water partition coefficient (Wildman–Crippen LogP) is 0.0717. The third kappa shape index (κ3) is 8.01. The van der Waals surface area contributed by atoms with E-state index < -0.39 is 30.9 Å². The third-order valence-electron chi connectivity index (χ3n) is 3.36. The van der Waals surface area contributed by atoms with Gasteiger partial charge < -0.3 is 29.1 Å². The van der Waals surface area contributed by atoms with Crippen molar-refractivity contribution in [1.82, 2.24) is 0 Å². The van der Waals surface area contributed by atoms with Gasteiger partial charge in [0.1, 0.15) is 6.10 Å². The average Bonchev–Trinajstić information content (AvgIpc) is 2.56. The monoisotopic (exact) mass is 355 g/mol. The molecule has 0 spiro atoms. The summed E-state index contributed by atoms with van der Waals surface area (Å²) in [6, 6.07) is 0. The van der Waals surface area contributed by atoms with Gasteiger partial charge in [-0.05, 0) is 40.2 Å². The Kier molecular flexibility index (Phi) is 12.2. The van der Waals surface area contributed by atoms with Gasteiger partial charge in [0.05, 0.1) is 0 Å². The molecule has 8 nitrogen and oxygen atoms in total. The lowest BCUT2D eigenvalue weighted by Crippen LogP contribution is -2.55. The van der Waals surface area contributed by atoms with E-state index >= 15 is 0 Å². The first-order valence-electron chi connectivity index (χ1n) is 7.73. The van der Waals surface area contributed by atoms with Crippen molar-refractivity contribution >= 4 is 10.5 Å². The Labute approximate surface area is 142 Å². The molecule has 23 heavy (non-hydrogen) atoms. The van der Waals surface area contributed by atoms with Crippen molar-refractivity contribution in [3.05, 3.63) is 0 Å². The number of nitrogens with two attached hydrogens (primary N) is 1. The van der Waals surface area contributed by atoms with Crippen LogP contribution in [0.3, 0.4) is 0 Å². The number of rotatable bonds is 14. The zero-order valence-corrected chi connectivity index (χ0v) is 17.4. The summed E-state index contributed by atoms with van der Waals surface area (Å²) < 4.78 is 38.9. The molecule has 4 atom stereocenters. The van der Waals surface area contributed by atoms with E-state index in [4.69, 9.17) is 38.6 Å². The molecule has 0 saturated carbocycles. The highest BCUT2D eigenvalue weighted by Gasteiger charge is 2.46. The molecular formula is C14H33NO7Si. The van der Waals surface area contributed by atoms with Gasteiger partial charge in [0.25, 0.3) is 0 Å². The van der Waals surface area contributed by atoms with Crippen molar-refractivity contribution in [2.24, 2.45) is 5.73 Å². The maximum Gasteiger partial charge on any atom is 0.305 e. The van der Waals surface area contributed by atoms with Gasteiger partial charge in [0, 0.05) is 21.3 Å². The Morgan fingerprint density at radius 2 is 1.39 bits per heavy atom. The fraction of sp³-hybridized carbons (Fsp3) is 1.00. The lowest BCUT2D eigenvalue weighted by Gasteiger charge is -2.41. The predicted molar refractivity (Wildman–Crippen MR) is 88.5 cm³/mol. The van der Waals surface area contributed by atoms with Crippen LogP contribution in [0, 0.1) is 0 Å². The van der Waals surface area contributed by atoms with Crippen LogP contribution in [0.2, 0.25) is 0 Å². The molecule has 0 heterocycles. The van der Waals surface area contributed by atoms with Gasteiger partial charge in [-0.15, -0.1) is 0 Å². The highest BCUT2D eigenvalue weighted by Crippen LogP contribution is 2.30. The molecule has 0 rings (SSSR count). The summed E-state index contributed by atoms with van der Waals surface area (Å²) in [4.78, 5) is 0. The van der Waals surface area contributed by atoms with Crippen molar-refractivity contribution in [1.29, 1.82) is 0 Å². The molecular weight excluding hydrogens is 322 g/mol. The summed E-state index contributed by atoms with van der Waals surface area (Å²) >= 11 is 0. The molecule has 0 aromatic rings. The second-order valence-corrected chi connectivity index (χ2v) is 5.42. The van der Waals surface area contributed by atoms with Crippen LogP contribution in [0.5, 0.6) is 0 Å². The van der Waals surface area contributed by atoms with Crippen molar-refractivity contribution in [3.63, 3.8) is 0 Å². The molecule has 0 saturated heterocycles. The Morgan fingerprint density at radius 1 is 0.913 bits per heavy atom. The first-order valence-corrected chi connectivity index (χ1v) is 8.55. The fourth-order valence-electron chi connectivity index (χ4n) is 1.88. The first-order chi connectivity index (χ1) is 10.9. The second-order valence-electron chi connectivity index (χ2n) is 5.01. The van der Waals surface area contributed by atoms with Crippen LogP contribution >= 0.6 is 0 Å². The minimum Gasteiger partial charge on any atom is -0.378 e. The molecule has 0 aliphatic rings. The third-order valence-corrected chi connectivity index (χ3v) is 3.93. The normalized spacial score (nSPS) is 20.0. The van der Waals surface area contributed by atoms with Crippen LogP contribution in [0.4, 0.5) is 0 Å². The van der Waals surface area contributed by atoms with E-state index in [9.17, 15) is 0 Å². The van der Waals surface area contributed by atoms with Gasteiger partial charge in [0.15, 0.2) is 29.4 Å². The molecule has 0 amide bonds. The van der Waals surface area contributed by atoms with Crippen LogP contribution in [-0.2, 0) is 32.8 Å². The van der Waals surface area contributed by atoms with Crippen LogP contribution in [0.1, 0.15) is 33.6 Å². The summed E-state index contributed by atoms with van der Waals surface area (Å²) in [5, 5.41) is 0. The molecule has 0 fully saturated rings. The number of hydrogen-bond donors (Lipinski definition) is 1. The minimum atomic E-state index is -1.46. The zero-order valence-electron chi connectivity index (χ0n) is 15.4. The summed E-state index contributed by atoms with van der Waals surface area (Å²) in [5.74, 6) is -1.46. The lowest BCUT2D eigenvalue weighted by molar-refractivity contribution is -0.451. The maximum atomic E-state index is 5.91. The molecule has 0 aromatic heterocycles. The van der Waals surface area contributed by atoms with Crippen molar-refractivity contribution in [2.75, 3.05) is 27.9 Å². The van der Waals surface area contributed by atoms with Gasteiger partial charge in [0.2, 0.25) is 0 Å². The van der Waals surface area contributed by atoms with E-state index in [-0.39, 0.29) is 0 Å². The molecule has 140 valence electrons. The number of methoxy groups -OCH3 is 3. The van der Waals surface area contributed by atoms with Gasteiger partial charge in [-0.3, -0.25) is 9.47 Å². The highest BCUT2D eigenvalue weighted by molar-refractivity contribution is 5.98. The Morgan fingerprint density at radius 3 is 1.74 bits per heavy atom. The largest absolute Gasteiger partial charge is 0.378 e. The van der Waals surface area contributed by atoms with Crippen molar-refractivity contribution in [2.45, 2.75) is 64.6 Å². The Hall–Kier alpha value is -0.103. The van der Waals surface area contributed by atoms with Crippen molar-refractivity contribution < 1.29 is 32.8 Å². The zero-order chi connectivity index (χ0) is 17.9. The van der Waals surface area contributed by atoms with Gasteiger partial charge in [-0.25, -0.2) is 0 Å². The number of hydrogen-bond acceptors (Lipinski definition) is 8. The average molecular weight is 356 g/mol. The Balaban J connectivity index is 5.45. The quantitative estimate of drug-likeness (QED) is 0.346. The molecule has 2 N–H and O–H groups in total. The SMILES string of the molecule is COC(C)OC(CCCN)C(O[SiH3])(OC(C)OC)OC(C)OC. The van der Waals surface area contributed by atoms with E-state index in [0.717, 1.165) is 0 Å². The highest BCUT2D eigenvalue weighted by atomic mass is 28.2. The summed E-state index contributed by atoms with van der Waals surface area (Å²) in [6.07, 6.45) is -0.863. The topological polar surface area (TPSA) is 90.6 Å². The van der Waals surface area contributed by atoms with Gasteiger partial charge in [-0.1, -0.05) is 0 Å². The molecule has 0 bridgehead atoms. The smallest absolute Gasteiger partial charge is 0.305 e. The molecule has 0 aliphatic heterocycles. The van der Waals surface area contributed by atoms with E-state index in [0.29, 0.717) is 29.9 Å². The standard InChI is InChI=1S/C14H33NO7Si/c1-10(16-4)19-13(8-7-9-15)14(22-23,20-11(2)17-5)21-12(3)18-6/h10-13H,7-9,15H2,1-6,23H3. The first kappa shape index (κ1) is 22.9. The van der Waals surface area contributed by atoms with Gasteiger partial charge >= 0.3 is 5.97 Å². The second kappa shape index (κ2) is 12.3. The van der Waals surface area contributed by atoms with Crippen LogP contribution in [-0.4, -0.2) is 69.3 Å². The Bertz CT molecular complexity index is 286. The molecule has 0 radical (unpaired) electrons. The minimum absolute atomic E-state index is 0.357. The lowest BCUT2D eigenvalue weighted by atomic mass is 10.1. The summed E-state index contributed by atoms with van der Waals surface area (Å²) in [5.41, 5.74) is 5.63. The molecule has 0 aromatic carbocycles. The van der Waals surface area contributed by atoms with Crippen molar-refractivity contribution in [3.8, 4) is 0 Å². The molecule has 4 unspecified atom stereocenters. The maximum absolute atomic E-state index is 5.91. The summed E-state index contributed by atoms with van der Waals surface area (Å²) in [7, 11) is 4.99. The van der Waals surface area contributed by atoms with E-state index in [1.807, 2.05) is 0 Å². The van der Waals surface area contributed by atoms with Gasteiger partial charge in [-0.2, -0.15) is 0 Å². The number of ether oxygens (including phenoxy) is 6. The van der Waals surface area contributed by atoms with Crippen LogP contribution in [0.15, 0.2) is 0 Å². The van der Waals surface area contributed by atoms with Crippen LogP contribution < -0.4 is 5.73 Å². The fourth-order valence-corrected chi connectivity index (χ4v) is 2.34.